The lowest BCUT2D eigenvalue weighted by Crippen LogP contribution is -2.55. The molecule has 6 atom stereocenters. The number of alkyl halides is 1. The summed E-state index contributed by atoms with van der Waals surface area (Å²) < 4.78 is 10.2. The Morgan fingerprint density at radius 2 is 1.93 bits per heavy atom. The molecule has 3 N–H and O–H groups in total. The number of amides is 3. The highest BCUT2D eigenvalue weighted by Crippen LogP contribution is 2.67. The molecule has 1 aromatic rings. The molecule has 0 aromatic heterocycles. The maximum atomic E-state index is 14.0. The van der Waals surface area contributed by atoms with Crippen molar-refractivity contribution in [1.29, 1.82) is 0 Å². The zero-order chi connectivity index (χ0) is 28.3. The number of fused-ring (bicyclic) bond motifs is 1. The Bertz CT molecular complexity index is 1070. The van der Waals surface area contributed by atoms with Crippen LogP contribution in [0.15, 0.2) is 24.3 Å². The van der Waals surface area contributed by atoms with Crippen LogP contribution in [0, 0.1) is 11.8 Å². The number of anilines is 1. The number of hydrogen-bond acceptors (Lipinski definition) is 8. The smallest absolute Gasteiger partial charge is 0.244 e. The van der Waals surface area contributed by atoms with Crippen molar-refractivity contribution in [1.82, 2.24) is 15.1 Å². The lowest BCUT2D eigenvalue weighted by molar-refractivity contribution is -0.139. The molecule has 5 rings (SSSR count). The van der Waals surface area contributed by atoms with Gasteiger partial charge < -0.3 is 30.1 Å². The summed E-state index contributed by atoms with van der Waals surface area (Å²) in [6.07, 6.45) is 1.78. The van der Waals surface area contributed by atoms with Crippen molar-refractivity contribution in [3.05, 3.63) is 24.3 Å². The molecule has 10 nitrogen and oxygen atoms in total. The highest BCUT2D eigenvalue weighted by molar-refractivity contribution is 9.09. The molecular formula is C28H39BrN4O6S. The summed E-state index contributed by atoms with van der Waals surface area (Å²) in [4.78, 5) is 45.6. The Morgan fingerprint density at radius 1 is 1.18 bits per heavy atom. The molecule has 3 amide bonds. The Kier molecular flexibility index (Phi) is 9.61. The van der Waals surface area contributed by atoms with Gasteiger partial charge in [0.25, 0.3) is 0 Å². The van der Waals surface area contributed by atoms with Crippen LogP contribution in [0.2, 0.25) is 0 Å². The van der Waals surface area contributed by atoms with Gasteiger partial charge in [0.2, 0.25) is 17.7 Å². The number of aliphatic hydroxyl groups is 1. The molecule has 4 heterocycles. The minimum absolute atomic E-state index is 0.0127. The van der Waals surface area contributed by atoms with Gasteiger partial charge >= 0.3 is 0 Å². The van der Waals surface area contributed by atoms with Crippen molar-refractivity contribution in [2.24, 2.45) is 11.8 Å². The van der Waals surface area contributed by atoms with Crippen LogP contribution in [0.5, 0.6) is 5.75 Å². The number of carbonyl (C=O) groups excluding carboxylic acids is 3. The Hall–Kier alpha value is -1.86. The average Bonchev–Trinajstić information content (AvgIpc) is 3.54. The number of morpholine rings is 1. The molecule has 0 radical (unpaired) electrons. The third-order valence-electron chi connectivity index (χ3n) is 8.41. The highest BCUT2D eigenvalue weighted by atomic mass is 79.9. The summed E-state index contributed by atoms with van der Waals surface area (Å²) >= 11 is 5.43. The molecule has 4 aliphatic heterocycles. The number of nitrogens with one attached hydrogen (secondary N) is 2. The summed E-state index contributed by atoms with van der Waals surface area (Å²) in [5.41, 5.74) is 0.643. The van der Waals surface area contributed by atoms with Crippen LogP contribution in [0.3, 0.4) is 0 Å². The Morgan fingerprint density at radius 3 is 2.62 bits per heavy atom. The zero-order valence-electron chi connectivity index (χ0n) is 22.9. The zero-order valence-corrected chi connectivity index (χ0v) is 25.3. The molecule has 220 valence electrons. The third-order valence-corrected chi connectivity index (χ3v) is 11.6. The topological polar surface area (TPSA) is 120 Å². The third kappa shape index (κ3) is 5.74. The van der Waals surface area contributed by atoms with Crippen LogP contribution < -0.4 is 15.4 Å². The number of aliphatic hydroxyl groups excluding tert-OH is 1. The number of rotatable bonds is 12. The normalized spacial score (nSPS) is 31.3. The lowest BCUT2D eigenvalue weighted by atomic mass is 9.70. The largest absolute Gasteiger partial charge is 0.494 e. The standard InChI is InChI=1S/C28H39BrN4O6S/c1-2-39-19-7-5-18(6-8-19)31-25(35)21-22-27(37)33(10-3-4-14-34)24(28(22)17-20(29)23(21)40-28)26(36)30-9-11-32-12-15-38-16-13-32/h5-8,20-24,34H,2-4,9-17H2,1H3,(H,30,36)(H,31,35)/t20?,21-,22-,23-,24?,28?/m0/s1. The fraction of sp³-hybridized carbons (Fsp3) is 0.679. The van der Waals surface area contributed by atoms with E-state index in [0.717, 1.165) is 25.4 Å². The van der Waals surface area contributed by atoms with Gasteiger partial charge in [-0.2, -0.15) is 0 Å². The van der Waals surface area contributed by atoms with Crippen LogP contribution in [-0.2, 0) is 19.1 Å². The van der Waals surface area contributed by atoms with Gasteiger partial charge in [-0.15, -0.1) is 11.8 Å². The van der Waals surface area contributed by atoms with Gasteiger partial charge in [-0.25, -0.2) is 0 Å². The first-order valence-corrected chi connectivity index (χ1v) is 16.0. The number of hydrogen-bond donors (Lipinski definition) is 3. The number of nitrogens with zero attached hydrogens (tertiary/aromatic N) is 2. The van der Waals surface area contributed by atoms with Crippen molar-refractivity contribution < 1.29 is 29.0 Å². The summed E-state index contributed by atoms with van der Waals surface area (Å²) in [5, 5.41) is 15.4. The predicted molar refractivity (Wildman–Crippen MR) is 157 cm³/mol. The number of likely N-dealkylation sites (tertiary alicyclic amines) is 1. The lowest BCUT2D eigenvalue weighted by Gasteiger charge is -2.35. The van der Waals surface area contributed by atoms with E-state index in [4.69, 9.17) is 9.47 Å². The first-order chi connectivity index (χ1) is 19.4. The molecule has 4 aliphatic rings. The molecule has 40 heavy (non-hydrogen) atoms. The fourth-order valence-corrected chi connectivity index (χ4v) is 10.3. The van der Waals surface area contributed by atoms with Gasteiger partial charge in [0.15, 0.2) is 0 Å². The summed E-state index contributed by atoms with van der Waals surface area (Å²) in [6.45, 7) is 7.16. The highest BCUT2D eigenvalue weighted by Gasteiger charge is 2.75. The van der Waals surface area contributed by atoms with Crippen LogP contribution in [0.25, 0.3) is 0 Å². The quantitative estimate of drug-likeness (QED) is 0.234. The van der Waals surface area contributed by atoms with Gasteiger partial charge in [0, 0.05) is 55.1 Å². The average molecular weight is 640 g/mol. The number of halogens is 1. The molecule has 3 unspecified atom stereocenters. The fourth-order valence-electron chi connectivity index (χ4n) is 6.65. The van der Waals surface area contributed by atoms with E-state index in [0.29, 0.717) is 57.9 Å². The molecule has 4 saturated heterocycles. The first kappa shape index (κ1) is 29.6. The number of thioether (sulfide) groups is 1. The van der Waals surface area contributed by atoms with Crippen LogP contribution in [0.1, 0.15) is 26.2 Å². The summed E-state index contributed by atoms with van der Waals surface area (Å²) in [6, 6.07) is 6.56. The second-order valence-electron chi connectivity index (χ2n) is 10.8. The molecular weight excluding hydrogens is 600 g/mol. The van der Waals surface area contributed by atoms with Crippen LogP contribution in [-0.4, -0.2) is 113 Å². The van der Waals surface area contributed by atoms with Gasteiger partial charge in [-0.1, -0.05) is 15.9 Å². The number of benzene rings is 1. The molecule has 1 spiro atoms. The van der Waals surface area contributed by atoms with Gasteiger partial charge in [0.1, 0.15) is 11.8 Å². The SMILES string of the molecule is CCOc1ccc(NC(=O)[C@H]2[C@H]3C(=O)N(CCCCO)C(C(=O)NCCN4CCOCC4)C34CC(Br)[C@@H]2S4)cc1. The Balaban J connectivity index is 1.35. The van der Waals surface area contributed by atoms with Gasteiger partial charge in [0.05, 0.1) is 36.4 Å². The molecule has 0 saturated carbocycles. The van der Waals surface area contributed by atoms with E-state index in [1.807, 2.05) is 19.1 Å². The van der Waals surface area contributed by atoms with E-state index >= 15 is 0 Å². The first-order valence-electron chi connectivity index (χ1n) is 14.2. The van der Waals surface area contributed by atoms with Crippen LogP contribution in [0.4, 0.5) is 5.69 Å². The maximum absolute atomic E-state index is 14.0. The minimum atomic E-state index is -0.682. The molecule has 12 heteroatoms. The molecule has 0 aliphatic carbocycles. The van der Waals surface area contributed by atoms with E-state index in [1.54, 1.807) is 28.8 Å². The van der Waals surface area contributed by atoms with Crippen molar-refractivity contribution in [3.63, 3.8) is 0 Å². The maximum Gasteiger partial charge on any atom is 0.244 e. The summed E-state index contributed by atoms with van der Waals surface area (Å²) in [7, 11) is 0. The summed E-state index contributed by atoms with van der Waals surface area (Å²) in [5.74, 6) is -0.907. The van der Waals surface area contributed by atoms with E-state index in [9.17, 15) is 19.5 Å². The Labute approximate surface area is 248 Å². The van der Waals surface area contributed by atoms with Crippen molar-refractivity contribution in [3.8, 4) is 5.75 Å². The van der Waals surface area contributed by atoms with Crippen molar-refractivity contribution in [2.75, 3.05) is 64.5 Å². The van der Waals surface area contributed by atoms with Gasteiger partial charge in [-0.05, 0) is 50.5 Å². The second kappa shape index (κ2) is 13.0. The predicted octanol–water partition coefficient (Wildman–Crippen LogP) is 1.71. The van der Waals surface area contributed by atoms with Crippen molar-refractivity contribution in [2.45, 2.75) is 47.1 Å². The van der Waals surface area contributed by atoms with Crippen LogP contribution >= 0.6 is 27.7 Å². The monoisotopic (exact) mass is 638 g/mol. The van der Waals surface area contributed by atoms with E-state index in [-0.39, 0.29) is 34.4 Å². The van der Waals surface area contributed by atoms with E-state index in [2.05, 4.69) is 31.5 Å². The second-order valence-corrected chi connectivity index (χ2v) is 13.5. The molecule has 2 bridgehead atoms. The number of carbonyl (C=O) groups is 3. The van der Waals surface area contributed by atoms with Crippen molar-refractivity contribution >= 4 is 51.1 Å². The van der Waals surface area contributed by atoms with Gasteiger partial charge in [-0.3, -0.25) is 19.3 Å². The number of ether oxygens (including phenoxy) is 2. The van der Waals surface area contributed by atoms with E-state index < -0.39 is 22.6 Å². The molecule has 1 aromatic carbocycles. The number of unbranched alkanes of at least 4 members (excludes halogenated alkanes) is 1. The van der Waals surface area contributed by atoms with E-state index in [1.165, 1.54) is 0 Å². The molecule has 4 fully saturated rings. The minimum Gasteiger partial charge on any atom is -0.494 e.